The van der Waals surface area contributed by atoms with Crippen LogP contribution in [0.25, 0.3) is 22.4 Å². The minimum Gasteiger partial charge on any atom is -0.399 e. The fourth-order valence-electron chi connectivity index (χ4n) is 2.63. The molecule has 3 aromatic rings. The number of benzene rings is 2. The third-order valence-corrected chi connectivity index (χ3v) is 3.51. The van der Waals surface area contributed by atoms with Crippen molar-refractivity contribution in [3.8, 4) is 11.4 Å². The lowest BCUT2D eigenvalue weighted by molar-refractivity contribution is -0.116. The summed E-state index contributed by atoms with van der Waals surface area (Å²) in [6.07, 6.45) is 0. The Morgan fingerprint density at radius 1 is 1.20 bits per heavy atom. The summed E-state index contributed by atoms with van der Waals surface area (Å²) in [5.41, 5.74) is 9.87. The number of para-hydroxylation sites is 2. The number of nitrogens with zero attached hydrogens (tertiary/aromatic N) is 2. The Labute approximate surface area is 115 Å². The van der Waals surface area contributed by atoms with Crippen LogP contribution in [-0.4, -0.2) is 15.5 Å². The van der Waals surface area contributed by atoms with Crippen molar-refractivity contribution >= 4 is 28.3 Å². The zero-order chi connectivity index (χ0) is 13.7. The molecule has 0 atom stereocenters. The predicted octanol–water partition coefficient (Wildman–Crippen LogP) is 2.24. The lowest BCUT2D eigenvalue weighted by atomic mass is 10.1. The van der Waals surface area contributed by atoms with Gasteiger partial charge in [-0.3, -0.25) is 4.79 Å². The SMILES string of the molecule is Nc1ccc2c(c1)NC(=O)Cn1c-2nc2ccccc21. The molecule has 98 valence electrons. The van der Waals surface area contributed by atoms with Crippen molar-refractivity contribution in [2.45, 2.75) is 6.54 Å². The zero-order valence-corrected chi connectivity index (χ0v) is 10.6. The molecule has 1 aliphatic rings. The van der Waals surface area contributed by atoms with Gasteiger partial charge in [-0.25, -0.2) is 4.98 Å². The van der Waals surface area contributed by atoms with Gasteiger partial charge in [-0.05, 0) is 30.3 Å². The van der Waals surface area contributed by atoms with E-state index in [9.17, 15) is 4.79 Å². The van der Waals surface area contributed by atoms with Crippen molar-refractivity contribution < 1.29 is 4.79 Å². The molecule has 0 saturated carbocycles. The molecule has 1 aromatic heterocycles. The fraction of sp³-hybridized carbons (Fsp3) is 0.0667. The van der Waals surface area contributed by atoms with E-state index in [1.807, 2.05) is 41.0 Å². The van der Waals surface area contributed by atoms with Crippen molar-refractivity contribution in [1.82, 2.24) is 9.55 Å². The van der Waals surface area contributed by atoms with E-state index in [1.165, 1.54) is 0 Å². The molecule has 0 fully saturated rings. The standard InChI is InChI=1S/C15H12N4O/c16-9-5-6-10-12(7-9)17-14(20)8-19-13-4-2-1-3-11(13)18-15(10)19/h1-7H,8,16H2,(H,17,20). The highest BCUT2D eigenvalue weighted by molar-refractivity contribution is 5.99. The lowest BCUT2D eigenvalue weighted by Crippen LogP contribution is -2.16. The van der Waals surface area contributed by atoms with Gasteiger partial charge in [-0.15, -0.1) is 0 Å². The predicted molar refractivity (Wildman–Crippen MR) is 78.2 cm³/mol. The first-order chi connectivity index (χ1) is 9.72. The van der Waals surface area contributed by atoms with Gasteiger partial charge in [0.2, 0.25) is 5.91 Å². The van der Waals surface area contributed by atoms with E-state index in [0.29, 0.717) is 11.4 Å². The van der Waals surface area contributed by atoms with Crippen LogP contribution in [0.2, 0.25) is 0 Å². The number of imidazole rings is 1. The number of rotatable bonds is 0. The topological polar surface area (TPSA) is 72.9 Å². The average molecular weight is 264 g/mol. The molecule has 1 aliphatic heterocycles. The second kappa shape index (κ2) is 3.84. The molecule has 3 N–H and O–H groups in total. The third-order valence-electron chi connectivity index (χ3n) is 3.51. The largest absolute Gasteiger partial charge is 0.399 e. The van der Waals surface area contributed by atoms with Crippen molar-refractivity contribution in [3.63, 3.8) is 0 Å². The van der Waals surface area contributed by atoms with Crippen molar-refractivity contribution in [2.24, 2.45) is 0 Å². The highest BCUT2D eigenvalue weighted by Gasteiger charge is 2.21. The maximum atomic E-state index is 12.1. The Morgan fingerprint density at radius 2 is 2.05 bits per heavy atom. The van der Waals surface area contributed by atoms with Gasteiger partial charge in [0.1, 0.15) is 12.4 Å². The van der Waals surface area contributed by atoms with Gasteiger partial charge >= 0.3 is 0 Å². The van der Waals surface area contributed by atoms with Gasteiger partial charge in [0.05, 0.1) is 16.7 Å². The number of aromatic nitrogens is 2. The van der Waals surface area contributed by atoms with E-state index in [4.69, 9.17) is 5.73 Å². The molecule has 4 rings (SSSR count). The first-order valence-corrected chi connectivity index (χ1v) is 6.37. The minimum absolute atomic E-state index is 0.0706. The monoisotopic (exact) mass is 264 g/mol. The lowest BCUT2D eigenvalue weighted by Gasteiger charge is -2.06. The maximum absolute atomic E-state index is 12.1. The molecule has 5 nitrogen and oxygen atoms in total. The van der Waals surface area contributed by atoms with Crippen LogP contribution in [0.1, 0.15) is 0 Å². The third kappa shape index (κ3) is 1.50. The van der Waals surface area contributed by atoms with Gasteiger partial charge in [0.15, 0.2) is 0 Å². The van der Waals surface area contributed by atoms with Crippen molar-refractivity contribution in [1.29, 1.82) is 0 Å². The summed E-state index contributed by atoms with van der Waals surface area (Å²) in [5, 5.41) is 2.88. The van der Waals surface area contributed by atoms with Crippen LogP contribution in [0, 0.1) is 0 Å². The molecule has 0 unspecified atom stereocenters. The Balaban J connectivity index is 2.09. The normalized spacial score (nSPS) is 13.5. The molecule has 2 aromatic carbocycles. The maximum Gasteiger partial charge on any atom is 0.244 e. The van der Waals surface area contributed by atoms with Crippen LogP contribution < -0.4 is 11.1 Å². The van der Waals surface area contributed by atoms with Gasteiger partial charge in [-0.1, -0.05) is 12.1 Å². The number of hydrogen-bond acceptors (Lipinski definition) is 3. The molecule has 0 radical (unpaired) electrons. The number of nitrogens with one attached hydrogen (secondary N) is 1. The number of anilines is 2. The minimum atomic E-state index is -0.0706. The fourth-order valence-corrected chi connectivity index (χ4v) is 2.63. The molecule has 1 amide bonds. The first kappa shape index (κ1) is 11.0. The zero-order valence-electron chi connectivity index (χ0n) is 10.6. The molecule has 0 saturated heterocycles. The summed E-state index contributed by atoms with van der Waals surface area (Å²) in [7, 11) is 0. The van der Waals surface area contributed by atoms with E-state index in [2.05, 4.69) is 10.3 Å². The second-order valence-corrected chi connectivity index (χ2v) is 4.86. The highest BCUT2D eigenvalue weighted by atomic mass is 16.2. The van der Waals surface area contributed by atoms with Crippen LogP contribution in [-0.2, 0) is 11.3 Å². The number of carbonyl (C=O) groups excluding carboxylic acids is 1. The summed E-state index contributed by atoms with van der Waals surface area (Å²) in [4.78, 5) is 16.7. The molecule has 2 heterocycles. The molecular formula is C15H12N4O. The van der Waals surface area contributed by atoms with Crippen molar-refractivity contribution in [3.05, 3.63) is 42.5 Å². The van der Waals surface area contributed by atoms with Crippen molar-refractivity contribution in [2.75, 3.05) is 11.1 Å². The Morgan fingerprint density at radius 3 is 2.95 bits per heavy atom. The number of carbonyl (C=O) groups is 1. The van der Waals surface area contributed by atoms with Gasteiger partial charge < -0.3 is 15.6 Å². The molecule has 20 heavy (non-hydrogen) atoms. The van der Waals surface area contributed by atoms with E-state index in [-0.39, 0.29) is 12.5 Å². The summed E-state index contributed by atoms with van der Waals surface area (Å²) in [6.45, 7) is 0.254. The molecule has 0 bridgehead atoms. The van der Waals surface area contributed by atoms with Gasteiger partial charge in [-0.2, -0.15) is 0 Å². The summed E-state index contributed by atoms with van der Waals surface area (Å²) >= 11 is 0. The molecule has 5 heteroatoms. The number of fused-ring (bicyclic) bond motifs is 5. The van der Waals surface area contributed by atoms with E-state index in [0.717, 1.165) is 22.4 Å². The smallest absolute Gasteiger partial charge is 0.244 e. The van der Waals surface area contributed by atoms with E-state index >= 15 is 0 Å². The van der Waals surface area contributed by atoms with Crippen LogP contribution in [0.5, 0.6) is 0 Å². The van der Waals surface area contributed by atoms with E-state index < -0.39 is 0 Å². The number of nitrogen functional groups attached to an aromatic ring is 1. The summed E-state index contributed by atoms with van der Waals surface area (Å²) in [5.74, 6) is 0.721. The quantitative estimate of drug-likeness (QED) is 0.611. The van der Waals surface area contributed by atoms with Crippen LogP contribution in [0.15, 0.2) is 42.5 Å². The average Bonchev–Trinajstić information content (AvgIpc) is 2.71. The molecule has 0 aliphatic carbocycles. The number of amides is 1. The number of hydrogen-bond donors (Lipinski definition) is 2. The summed E-state index contributed by atoms with van der Waals surface area (Å²) < 4.78 is 1.94. The molecular weight excluding hydrogens is 252 g/mol. The summed E-state index contributed by atoms with van der Waals surface area (Å²) in [6, 6.07) is 13.3. The van der Waals surface area contributed by atoms with E-state index in [1.54, 1.807) is 6.07 Å². The Kier molecular flexibility index (Phi) is 2.12. The van der Waals surface area contributed by atoms with Crippen LogP contribution in [0.3, 0.4) is 0 Å². The van der Waals surface area contributed by atoms with Gasteiger partial charge in [0.25, 0.3) is 0 Å². The Bertz CT molecular complexity index is 850. The highest BCUT2D eigenvalue weighted by Crippen LogP contribution is 2.33. The number of nitrogens with two attached hydrogens (primary N) is 1. The molecule has 0 spiro atoms. The van der Waals surface area contributed by atoms with Crippen LogP contribution >= 0.6 is 0 Å². The van der Waals surface area contributed by atoms with Crippen LogP contribution in [0.4, 0.5) is 11.4 Å². The first-order valence-electron chi connectivity index (χ1n) is 6.37. The van der Waals surface area contributed by atoms with Gasteiger partial charge in [0, 0.05) is 11.3 Å². The second-order valence-electron chi connectivity index (χ2n) is 4.86. The Hall–Kier alpha value is -2.82.